The van der Waals surface area contributed by atoms with Gasteiger partial charge in [0, 0.05) is 18.3 Å². The number of aryl methyl sites for hydroxylation is 1. The summed E-state index contributed by atoms with van der Waals surface area (Å²) < 4.78 is 14.0. The smallest absolute Gasteiger partial charge is 0.258 e. The van der Waals surface area contributed by atoms with Crippen molar-refractivity contribution in [2.24, 2.45) is 0 Å². The molecule has 3 rings (SSSR count). The van der Waals surface area contributed by atoms with Crippen LogP contribution in [0.2, 0.25) is 0 Å². The molecule has 0 N–H and O–H groups in total. The molecule has 0 spiro atoms. The van der Waals surface area contributed by atoms with Crippen molar-refractivity contribution < 1.29 is 9.53 Å². The van der Waals surface area contributed by atoms with E-state index in [1.807, 2.05) is 37.3 Å². The maximum atomic E-state index is 12.5. The van der Waals surface area contributed by atoms with Crippen LogP contribution >= 0.6 is 11.7 Å². The Kier molecular flexibility index (Phi) is 4.86. The van der Waals surface area contributed by atoms with E-state index in [1.165, 1.54) is 11.7 Å². The first-order chi connectivity index (χ1) is 11.6. The lowest BCUT2D eigenvalue weighted by Crippen LogP contribution is -2.25. The van der Waals surface area contributed by atoms with Crippen LogP contribution in [-0.2, 0) is 6.61 Å². The summed E-state index contributed by atoms with van der Waals surface area (Å²) in [5, 5.41) is 0. The molecular weight excluding hydrogens is 322 g/mol. The first-order valence-corrected chi connectivity index (χ1v) is 8.22. The van der Waals surface area contributed by atoms with Crippen molar-refractivity contribution in [3.63, 3.8) is 0 Å². The highest BCUT2D eigenvalue weighted by atomic mass is 32.1. The van der Waals surface area contributed by atoms with Gasteiger partial charge in [0.15, 0.2) is 0 Å². The van der Waals surface area contributed by atoms with Crippen molar-refractivity contribution in [1.29, 1.82) is 0 Å². The van der Waals surface area contributed by atoms with Crippen LogP contribution in [-0.4, -0.2) is 21.7 Å². The topological polar surface area (TPSA) is 55.3 Å². The maximum absolute atomic E-state index is 12.5. The molecule has 0 saturated heterocycles. The van der Waals surface area contributed by atoms with E-state index < -0.39 is 0 Å². The third kappa shape index (κ3) is 3.60. The molecular formula is C18H17N3O2S. The molecule has 5 nitrogen and oxygen atoms in total. The van der Waals surface area contributed by atoms with E-state index in [-0.39, 0.29) is 5.91 Å². The van der Waals surface area contributed by atoms with E-state index >= 15 is 0 Å². The molecule has 2 aromatic carbocycles. The molecule has 0 fully saturated rings. The van der Waals surface area contributed by atoms with Gasteiger partial charge in [-0.1, -0.05) is 18.2 Å². The number of carbonyl (C=O) groups is 1. The zero-order chi connectivity index (χ0) is 16.9. The third-order valence-electron chi connectivity index (χ3n) is 3.67. The zero-order valence-corrected chi connectivity index (χ0v) is 14.3. The number of nitrogens with zero attached hydrogens (tertiary/aromatic N) is 3. The predicted molar refractivity (Wildman–Crippen MR) is 94.6 cm³/mol. The van der Waals surface area contributed by atoms with E-state index in [0.717, 1.165) is 17.1 Å². The molecule has 0 aliphatic heterocycles. The first kappa shape index (κ1) is 16.1. The number of anilines is 1. The number of para-hydroxylation sites is 1. The van der Waals surface area contributed by atoms with Gasteiger partial charge in [0.25, 0.3) is 5.91 Å². The number of rotatable bonds is 5. The van der Waals surface area contributed by atoms with Gasteiger partial charge in [-0.2, -0.15) is 8.75 Å². The summed E-state index contributed by atoms with van der Waals surface area (Å²) in [4.78, 5) is 14.1. The molecule has 0 bridgehead atoms. The fraction of sp³-hybridized carbons (Fsp3) is 0.167. The molecule has 0 radical (unpaired) electrons. The van der Waals surface area contributed by atoms with Crippen LogP contribution in [0.3, 0.4) is 0 Å². The molecule has 1 amide bonds. The van der Waals surface area contributed by atoms with Gasteiger partial charge in [-0.05, 0) is 43.3 Å². The quantitative estimate of drug-likeness (QED) is 0.711. The normalized spacial score (nSPS) is 10.4. The van der Waals surface area contributed by atoms with E-state index in [0.29, 0.717) is 17.9 Å². The first-order valence-electron chi connectivity index (χ1n) is 7.49. The lowest BCUT2D eigenvalue weighted by molar-refractivity contribution is 0.0993. The fourth-order valence-electron chi connectivity index (χ4n) is 2.19. The molecule has 6 heteroatoms. The Bertz CT molecular complexity index is 816. The SMILES string of the molecule is Cc1nsnc1COc1ccc(C(=O)N(C)c2ccccc2)cc1. The van der Waals surface area contributed by atoms with Crippen molar-refractivity contribution in [1.82, 2.24) is 8.75 Å². The highest BCUT2D eigenvalue weighted by Crippen LogP contribution is 2.18. The summed E-state index contributed by atoms with van der Waals surface area (Å²) in [6, 6.07) is 16.7. The van der Waals surface area contributed by atoms with Gasteiger partial charge in [0.1, 0.15) is 18.1 Å². The minimum Gasteiger partial charge on any atom is -0.487 e. The predicted octanol–water partition coefficient (Wildman–Crippen LogP) is 3.70. The number of ether oxygens (including phenoxy) is 1. The summed E-state index contributed by atoms with van der Waals surface area (Å²) in [6.07, 6.45) is 0. The minimum absolute atomic E-state index is 0.0627. The van der Waals surface area contributed by atoms with Crippen LogP contribution in [0.15, 0.2) is 54.6 Å². The summed E-state index contributed by atoms with van der Waals surface area (Å²) in [5.74, 6) is 0.633. The van der Waals surface area contributed by atoms with Gasteiger partial charge in [-0.15, -0.1) is 0 Å². The van der Waals surface area contributed by atoms with Crippen LogP contribution in [0.5, 0.6) is 5.75 Å². The van der Waals surface area contributed by atoms with Crippen molar-refractivity contribution in [3.05, 3.63) is 71.5 Å². The van der Waals surface area contributed by atoms with E-state index in [2.05, 4.69) is 8.75 Å². The fourth-order valence-corrected chi connectivity index (χ4v) is 2.74. The third-order valence-corrected chi connectivity index (χ3v) is 4.33. The van der Waals surface area contributed by atoms with Crippen molar-refractivity contribution in [3.8, 4) is 5.75 Å². The van der Waals surface area contributed by atoms with Crippen LogP contribution in [0, 0.1) is 6.92 Å². The Labute approximate surface area is 144 Å². The summed E-state index contributed by atoms with van der Waals surface area (Å²) in [7, 11) is 1.76. The summed E-state index contributed by atoms with van der Waals surface area (Å²) in [6.45, 7) is 2.28. The second kappa shape index (κ2) is 7.23. The molecule has 1 heterocycles. The Balaban J connectivity index is 1.65. The number of amides is 1. The number of aromatic nitrogens is 2. The second-order valence-corrected chi connectivity index (χ2v) is 5.84. The van der Waals surface area contributed by atoms with Gasteiger partial charge < -0.3 is 9.64 Å². The minimum atomic E-state index is -0.0627. The molecule has 24 heavy (non-hydrogen) atoms. The lowest BCUT2D eigenvalue weighted by Gasteiger charge is -2.17. The zero-order valence-electron chi connectivity index (χ0n) is 13.5. The Morgan fingerprint density at radius 3 is 2.42 bits per heavy atom. The largest absolute Gasteiger partial charge is 0.487 e. The molecule has 1 aromatic heterocycles. The maximum Gasteiger partial charge on any atom is 0.258 e. The highest BCUT2D eigenvalue weighted by molar-refractivity contribution is 6.99. The van der Waals surface area contributed by atoms with Crippen LogP contribution in [0.1, 0.15) is 21.7 Å². The molecule has 0 aliphatic rings. The standard InChI is InChI=1S/C18H17N3O2S/c1-13-17(20-24-19-13)12-23-16-10-8-14(9-11-16)18(22)21(2)15-6-4-3-5-7-15/h3-11H,12H2,1-2H3. The van der Waals surface area contributed by atoms with Crippen molar-refractivity contribution >= 4 is 23.3 Å². The monoisotopic (exact) mass is 339 g/mol. The average molecular weight is 339 g/mol. The summed E-state index contributed by atoms with van der Waals surface area (Å²) >= 11 is 1.18. The highest BCUT2D eigenvalue weighted by Gasteiger charge is 2.13. The average Bonchev–Trinajstić information content (AvgIpc) is 3.05. The van der Waals surface area contributed by atoms with E-state index in [1.54, 1.807) is 36.2 Å². The number of carbonyl (C=O) groups excluding carboxylic acids is 1. The summed E-state index contributed by atoms with van der Waals surface area (Å²) in [5.41, 5.74) is 3.19. The molecule has 0 unspecified atom stereocenters. The molecule has 0 aliphatic carbocycles. The van der Waals surface area contributed by atoms with E-state index in [4.69, 9.17) is 4.74 Å². The molecule has 0 saturated carbocycles. The number of hydrogen-bond acceptors (Lipinski definition) is 5. The van der Waals surface area contributed by atoms with Crippen molar-refractivity contribution in [2.75, 3.05) is 11.9 Å². The molecule has 3 aromatic rings. The van der Waals surface area contributed by atoms with E-state index in [9.17, 15) is 4.79 Å². The number of hydrogen-bond donors (Lipinski definition) is 0. The van der Waals surface area contributed by atoms with Gasteiger partial charge in [-0.25, -0.2) is 0 Å². The Morgan fingerprint density at radius 1 is 1.08 bits per heavy atom. The van der Waals surface area contributed by atoms with Gasteiger partial charge in [0.2, 0.25) is 0 Å². The Morgan fingerprint density at radius 2 is 1.79 bits per heavy atom. The van der Waals surface area contributed by atoms with Gasteiger partial charge in [-0.3, -0.25) is 4.79 Å². The molecule has 0 atom stereocenters. The van der Waals surface area contributed by atoms with Gasteiger partial charge >= 0.3 is 0 Å². The van der Waals surface area contributed by atoms with Crippen LogP contribution in [0.25, 0.3) is 0 Å². The molecule has 122 valence electrons. The van der Waals surface area contributed by atoms with Crippen molar-refractivity contribution in [2.45, 2.75) is 13.5 Å². The Hall–Kier alpha value is -2.73. The number of benzene rings is 2. The van der Waals surface area contributed by atoms with Crippen LogP contribution in [0.4, 0.5) is 5.69 Å². The van der Waals surface area contributed by atoms with Crippen LogP contribution < -0.4 is 9.64 Å². The lowest BCUT2D eigenvalue weighted by atomic mass is 10.2. The second-order valence-electron chi connectivity index (χ2n) is 5.31. The van der Waals surface area contributed by atoms with Gasteiger partial charge in [0.05, 0.1) is 17.4 Å².